The van der Waals surface area contributed by atoms with Crippen LogP contribution in [0.5, 0.6) is 0 Å². The van der Waals surface area contributed by atoms with Crippen molar-refractivity contribution in [2.45, 2.75) is 32.0 Å². The first-order valence-electron chi connectivity index (χ1n) is 5.98. The van der Waals surface area contributed by atoms with Crippen LogP contribution < -0.4 is 5.32 Å². The summed E-state index contributed by atoms with van der Waals surface area (Å²) in [7, 11) is 0. The zero-order valence-electron chi connectivity index (χ0n) is 10.1. The van der Waals surface area contributed by atoms with Crippen molar-refractivity contribution in [2.24, 2.45) is 5.92 Å². The monoisotopic (exact) mass is 271 g/mol. The van der Waals surface area contributed by atoms with E-state index in [1.807, 2.05) is 11.8 Å². The molecule has 0 radical (unpaired) electrons. The number of rotatable bonds is 7. The molecule has 1 aliphatic heterocycles. The summed E-state index contributed by atoms with van der Waals surface area (Å²) in [5.74, 6) is 2.53. The molecule has 0 amide bonds. The molecule has 0 aromatic carbocycles. The highest BCUT2D eigenvalue weighted by molar-refractivity contribution is 7.99. The number of alkyl halides is 3. The van der Waals surface area contributed by atoms with E-state index < -0.39 is 12.8 Å². The Bertz CT molecular complexity index is 213. The third kappa shape index (κ3) is 6.52. The van der Waals surface area contributed by atoms with Crippen LogP contribution in [-0.4, -0.2) is 43.5 Å². The average molecular weight is 271 g/mol. The standard InChI is InChI=1S/C11H20F3NOS/c1-2-4-15-10-7-17-6-9(10)3-5-16-8-11(12,13)14/h9-10,15H,2-8H2,1H3. The molecule has 0 aromatic heterocycles. The van der Waals surface area contributed by atoms with Gasteiger partial charge in [0.05, 0.1) is 0 Å². The van der Waals surface area contributed by atoms with Gasteiger partial charge < -0.3 is 10.1 Å². The summed E-state index contributed by atoms with van der Waals surface area (Å²) in [5.41, 5.74) is 0. The molecule has 17 heavy (non-hydrogen) atoms. The predicted octanol–water partition coefficient (Wildman–Crippen LogP) is 2.69. The molecule has 6 heteroatoms. The summed E-state index contributed by atoms with van der Waals surface area (Å²) in [6.45, 7) is 2.16. The molecule has 0 bridgehead atoms. The van der Waals surface area contributed by atoms with E-state index in [-0.39, 0.29) is 6.61 Å². The molecule has 1 N–H and O–H groups in total. The second-order valence-corrected chi connectivity index (χ2v) is 5.39. The predicted molar refractivity (Wildman–Crippen MR) is 64.4 cm³/mol. The average Bonchev–Trinajstić information content (AvgIpc) is 2.67. The summed E-state index contributed by atoms with van der Waals surface area (Å²) in [6.07, 6.45) is -2.41. The van der Waals surface area contributed by atoms with Crippen LogP contribution in [0.25, 0.3) is 0 Å². The van der Waals surface area contributed by atoms with Gasteiger partial charge in [-0.1, -0.05) is 6.92 Å². The molecular formula is C11H20F3NOS. The van der Waals surface area contributed by atoms with E-state index in [9.17, 15) is 13.2 Å². The van der Waals surface area contributed by atoms with E-state index in [1.54, 1.807) is 0 Å². The second-order valence-electron chi connectivity index (χ2n) is 4.31. The molecule has 1 heterocycles. The van der Waals surface area contributed by atoms with Crippen molar-refractivity contribution in [2.75, 3.05) is 31.3 Å². The largest absolute Gasteiger partial charge is 0.411 e. The quantitative estimate of drug-likeness (QED) is 0.719. The summed E-state index contributed by atoms with van der Waals surface area (Å²) in [5, 5.41) is 3.44. The number of hydrogen-bond donors (Lipinski definition) is 1. The Morgan fingerprint density at radius 1 is 1.35 bits per heavy atom. The van der Waals surface area contributed by atoms with Gasteiger partial charge in [0, 0.05) is 18.4 Å². The second kappa shape index (κ2) is 7.48. The van der Waals surface area contributed by atoms with Crippen molar-refractivity contribution in [1.82, 2.24) is 5.32 Å². The Kier molecular flexibility index (Phi) is 6.66. The van der Waals surface area contributed by atoms with E-state index in [2.05, 4.69) is 17.0 Å². The van der Waals surface area contributed by atoms with Gasteiger partial charge in [-0.15, -0.1) is 0 Å². The van der Waals surface area contributed by atoms with Crippen molar-refractivity contribution in [3.8, 4) is 0 Å². The minimum atomic E-state index is -4.20. The molecule has 1 rings (SSSR count). The summed E-state index contributed by atoms with van der Waals surface area (Å²) < 4.78 is 40.2. The fraction of sp³-hybridized carbons (Fsp3) is 1.00. The molecule has 1 saturated heterocycles. The molecule has 2 nitrogen and oxygen atoms in total. The molecule has 1 fully saturated rings. The maximum absolute atomic E-state index is 11.9. The molecule has 0 spiro atoms. The smallest absolute Gasteiger partial charge is 0.372 e. The summed E-state index contributed by atoms with van der Waals surface area (Å²) >= 11 is 1.86. The third-order valence-corrected chi connectivity index (χ3v) is 4.01. The lowest BCUT2D eigenvalue weighted by Gasteiger charge is -2.20. The van der Waals surface area contributed by atoms with E-state index in [0.717, 1.165) is 24.5 Å². The van der Waals surface area contributed by atoms with Crippen LogP contribution in [-0.2, 0) is 4.74 Å². The molecule has 102 valence electrons. The van der Waals surface area contributed by atoms with Gasteiger partial charge in [-0.25, -0.2) is 0 Å². The lowest BCUT2D eigenvalue weighted by atomic mass is 10.0. The minimum absolute atomic E-state index is 0.203. The van der Waals surface area contributed by atoms with E-state index in [4.69, 9.17) is 0 Å². The van der Waals surface area contributed by atoms with Gasteiger partial charge in [0.25, 0.3) is 0 Å². The van der Waals surface area contributed by atoms with Gasteiger partial charge in [-0.3, -0.25) is 0 Å². The molecule has 1 aliphatic rings. The van der Waals surface area contributed by atoms with E-state index in [1.165, 1.54) is 0 Å². The van der Waals surface area contributed by atoms with E-state index in [0.29, 0.717) is 18.4 Å². The van der Waals surface area contributed by atoms with Crippen LogP contribution in [0.2, 0.25) is 0 Å². The molecule has 0 aliphatic carbocycles. The number of nitrogens with one attached hydrogen (secondary N) is 1. The number of halogens is 3. The number of hydrogen-bond acceptors (Lipinski definition) is 3. The Balaban J connectivity index is 2.13. The first-order chi connectivity index (χ1) is 8.03. The highest BCUT2D eigenvalue weighted by Crippen LogP contribution is 2.27. The topological polar surface area (TPSA) is 21.3 Å². The molecule has 0 aromatic rings. The van der Waals surface area contributed by atoms with Gasteiger partial charge in [0.1, 0.15) is 6.61 Å². The fourth-order valence-corrected chi connectivity index (χ4v) is 3.34. The van der Waals surface area contributed by atoms with Crippen LogP contribution >= 0.6 is 11.8 Å². The first-order valence-corrected chi connectivity index (χ1v) is 7.14. The molecule has 0 saturated carbocycles. The zero-order chi connectivity index (χ0) is 12.7. The van der Waals surface area contributed by atoms with Crippen LogP contribution in [0, 0.1) is 5.92 Å². The Hall–Kier alpha value is 0.0600. The highest BCUT2D eigenvalue weighted by Gasteiger charge is 2.29. The molecular weight excluding hydrogens is 251 g/mol. The maximum Gasteiger partial charge on any atom is 0.411 e. The van der Waals surface area contributed by atoms with Gasteiger partial charge in [-0.2, -0.15) is 24.9 Å². The maximum atomic E-state index is 11.9. The van der Waals surface area contributed by atoms with Gasteiger partial charge in [0.2, 0.25) is 0 Å². The lowest BCUT2D eigenvalue weighted by molar-refractivity contribution is -0.174. The van der Waals surface area contributed by atoms with E-state index >= 15 is 0 Å². The zero-order valence-corrected chi connectivity index (χ0v) is 10.9. The number of ether oxygens (including phenoxy) is 1. The fourth-order valence-electron chi connectivity index (χ4n) is 1.86. The summed E-state index contributed by atoms with van der Waals surface area (Å²) in [6, 6.07) is 0.439. The van der Waals surface area contributed by atoms with Crippen molar-refractivity contribution < 1.29 is 17.9 Å². The molecule has 2 atom stereocenters. The Morgan fingerprint density at radius 3 is 2.76 bits per heavy atom. The van der Waals surface area contributed by atoms with Crippen molar-refractivity contribution in [3.63, 3.8) is 0 Å². The van der Waals surface area contributed by atoms with Crippen LogP contribution in [0.1, 0.15) is 19.8 Å². The Labute approximate surface area is 105 Å². The highest BCUT2D eigenvalue weighted by atomic mass is 32.2. The van der Waals surface area contributed by atoms with Crippen molar-refractivity contribution in [3.05, 3.63) is 0 Å². The SMILES string of the molecule is CCCNC1CSCC1CCOCC(F)(F)F. The first kappa shape index (κ1) is 15.1. The van der Waals surface area contributed by atoms with Gasteiger partial charge >= 0.3 is 6.18 Å². The Morgan fingerprint density at radius 2 is 2.12 bits per heavy atom. The minimum Gasteiger partial charge on any atom is -0.372 e. The normalized spacial score (nSPS) is 25.4. The van der Waals surface area contributed by atoms with Gasteiger partial charge in [0.15, 0.2) is 0 Å². The van der Waals surface area contributed by atoms with Crippen molar-refractivity contribution >= 4 is 11.8 Å². The van der Waals surface area contributed by atoms with Crippen molar-refractivity contribution in [1.29, 1.82) is 0 Å². The molecule has 2 unspecified atom stereocenters. The van der Waals surface area contributed by atoms with Crippen LogP contribution in [0.3, 0.4) is 0 Å². The van der Waals surface area contributed by atoms with Crippen LogP contribution in [0.4, 0.5) is 13.2 Å². The summed E-state index contributed by atoms with van der Waals surface area (Å²) in [4.78, 5) is 0. The van der Waals surface area contributed by atoms with Crippen LogP contribution in [0.15, 0.2) is 0 Å². The van der Waals surface area contributed by atoms with Gasteiger partial charge in [-0.05, 0) is 31.1 Å². The lowest BCUT2D eigenvalue weighted by Crippen LogP contribution is -2.36. The third-order valence-electron chi connectivity index (χ3n) is 2.75. The number of thioether (sulfide) groups is 1.